The zero-order valence-electron chi connectivity index (χ0n) is 22.4. The molecule has 2 N–H and O–H groups in total. The molecule has 4 fully saturated rings. The molecule has 4 aliphatic rings. The number of aliphatic hydroxyl groups is 1. The Labute approximate surface area is 218 Å². The van der Waals surface area contributed by atoms with Crippen molar-refractivity contribution in [2.75, 3.05) is 6.54 Å². The van der Waals surface area contributed by atoms with Crippen LogP contribution in [0.2, 0.25) is 0 Å². The average Bonchev–Trinajstić information content (AvgIpc) is 3.17. The van der Waals surface area contributed by atoms with Crippen LogP contribution in [0.1, 0.15) is 104 Å². The standard InChI is InChI=1S/C28H46N2O5S/c1-18(6-11-25(32)29-16-4-5-26(33)30-36(34)35)22-9-10-23-21-8-7-19-17-20(31)12-14-27(19,2)24(21)13-15-28(22,23)3/h18-24,31H,4-17H2,1-3H3,(H,29,32)/t18-,19-,20-,21+,22-,23+,24+,27+,28-/m1/s1. The summed E-state index contributed by atoms with van der Waals surface area (Å²) in [6, 6.07) is 0. The Hall–Kier alpha value is -1.28. The maximum absolute atomic E-state index is 12.4. The van der Waals surface area contributed by atoms with Crippen molar-refractivity contribution in [3.05, 3.63) is 0 Å². The van der Waals surface area contributed by atoms with Crippen LogP contribution in [0.5, 0.6) is 0 Å². The van der Waals surface area contributed by atoms with Gasteiger partial charge in [0, 0.05) is 19.4 Å². The summed E-state index contributed by atoms with van der Waals surface area (Å²) >= 11 is 0. The first-order valence-electron chi connectivity index (χ1n) is 14.3. The van der Waals surface area contributed by atoms with Crippen molar-refractivity contribution in [2.45, 2.75) is 110 Å². The van der Waals surface area contributed by atoms with Crippen molar-refractivity contribution in [2.24, 2.45) is 50.7 Å². The van der Waals surface area contributed by atoms with E-state index in [1.165, 1.54) is 44.9 Å². The van der Waals surface area contributed by atoms with E-state index in [4.69, 9.17) is 0 Å². The van der Waals surface area contributed by atoms with Crippen LogP contribution >= 0.6 is 0 Å². The maximum Gasteiger partial charge on any atom is 0.319 e. The highest BCUT2D eigenvalue weighted by Crippen LogP contribution is 2.68. The van der Waals surface area contributed by atoms with E-state index in [0.29, 0.717) is 48.0 Å². The number of aliphatic hydroxyl groups excluding tert-OH is 1. The third kappa shape index (κ3) is 5.59. The maximum atomic E-state index is 12.4. The lowest BCUT2D eigenvalue weighted by molar-refractivity contribution is -0.130. The Morgan fingerprint density at radius 1 is 1.00 bits per heavy atom. The number of carbonyl (C=O) groups is 2. The van der Waals surface area contributed by atoms with Crippen LogP contribution in [0, 0.1) is 46.3 Å². The van der Waals surface area contributed by atoms with Crippen molar-refractivity contribution in [3.63, 3.8) is 0 Å². The van der Waals surface area contributed by atoms with Crippen molar-refractivity contribution < 1.29 is 23.1 Å². The molecule has 0 aromatic rings. The van der Waals surface area contributed by atoms with Crippen LogP contribution in [0.15, 0.2) is 4.36 Å². The highest BCUT2D eigenvalue weighted by molar-refractivity contribution is 7.62. The summed E-state index contributed by atoms with van der Waals surface area (Å²) < 4.78 is 23.8. The van der Waals surface area contributed by atoms with Crippen molar-refractivity contribution in [3.8, 4) is 0 Å². The molecule has 4 rings (SSSR count). The van der Waals surface area contributed by atoms with Gasteiger partial charge < -0.3 is 10.4 Å². The van der Waals surface area contributed by atoms with Gasteiger partial charge in [0.1, 0.15) is 0 Å². The fourth-order valence-corrected chi connectivity index (χ4v) is 9.71. The van der Waals surface area contributed by atoms with Gasteiger partial charge in [0.15, 0.2) is 0 Å². The molecule has 0 saturated heterocycles. The third-order valence-electron chi connectivity index (χ3n) is 11.3. The summed E-state index contributed by atoms with van der Waals surface area (Å²) in [5.74, 6) is 3.65. The van der Waals surface area contributed by atoms with Gasteiger partial charge in [0.05, 0.1) is 6.10 Å². The Morgan fingerprint density at radius 2 is 1.72 bits per heavy atom. The Kier molecular flexibility index (Phi) is 8.65. The summed E-state index contributed by atoms with van der Waals surface area (Å²) in [7, 11) is -2.71. The first kappa shape index (κ1) is 27.7. The number of rotatable bonds is 8. The molecule has 2 amide bonds. The topological polar surface area (TPSA) is 113 Å². The van der Waals surface area contributed by atoms with Gasteiger partial charge in [-0.2, -0.15) is 8.42 Å². The molecule has 36 heavy (non-hydrogen) atoms. The zero-order chi connectivity index (χ0) is 26.1. The molecule has 0 aromatic carbocycles. The van der Waals surface area contributed by atoms with E-state index in [9.17, 15) is 23.1 Å². The first-order chi connectivity index (χ1) is 17.0. The average molecular weight is 523 g/mol. The van der Waals surface area contributed by atoms with E-state index in [0.717, 1.165) is 37.0 Å². The van der Waals surface area contributed by atoms with Gasteiger partial charge in [-0.05, 0) is 117 Å². The van der Waals surface area contributed by atoms with Gasteiger partial charge in [0.25, 0.3) is 5.91 Å². The molecule has 0 spiro atoms. The number of carbonyl (C=O) groups excluding carboxylic acids is 2. The van der Waals surface area contributed by atoms with Gasteiger partial charge in [0.2, 0.25) is 5.91 Å². The van der Waals surface area contributed by atoms with Gasteiger partial charge in [-0.25, -0.2) is 0 Å². The van der Waals surface area contributed by atoms with Crippen LogP contribution in [0.4, 0.5) is 0 Å². The molecule has 0 aliphatic heterocycles. The number of hydrogen-bond donors (Lipinski definition) is 2. The zero-order valence-corrected chi connectivity index (χ0v) is 23.2. The quantitative estimate of drug-likeness (QED) is 0.440. The number of nitrogens with zero attached hydrogens (tertiary/aromatic N) is 1. The summed E-state index contributed by atoms with van der Waals surface area (Å²) in [5, 5.41) is 13.1. The molecule has 0 heterocycles. The highest BCUT2D eigenvalue weighted by atomic mass is 32.2. The van der Waals surface area contributed by atoms with E-state index in [-0.39, 0.29) is 18.4 Å². The molecule has 4 aliphatic carbocycles. The molecule has 8 heteroatoms. The molecule has 0 radical (unpaired) electrons. The van der Waals surface area contributed by atoms with E-state index in [1.54, 1.807) is 0 Å². The van der Waals surface area contributed by atoms with E-state index < -0.39 is 16.4 Å². The second-order valence-corrected chi connectivity index (χ2v) is 13.6. The number of amides is 2. The van der Waals surface area contributed by atoms with E-state index in [1.807, 2.05) is 0 Å². The smallest absolute Gasteiger partial charge is 0.319 e. The minimum atomic E-state index is -2.71. The summed E-state index contributed by atoms with van der Waals surface area (Å²) in [5.41, 5.74) is 0.788. The molecule has 9 atom stereocenters. The third-order valence-corrected chi connectivity index (χ3v) is 11.6. The van der Waals surface area contributed by atoms with Gasteiger partial charge in [-0.3, -0.25) is 9.59 Å². The molecule has 0 unspecified atom stereocenters. The van der Waals surface area contributed by atoms with Crippen LogP contribution in [-0.2, 0) is 20.1 Å². The molecular formula is C28H46N2O5S. The second kappa shape index (κ2) is 11.2. The minimum Gasteiger partial charge on any atom is -0.393 e. The van der Waals surface area contributed by atoms with Gasteiger partial charge in [-0.15, -0.1) is 0 Å². The predicted octanol–water partition coefficient (Wildman–Crippen LogP) is 4.91. The number of fused-ring (bicyclic) bond motifs is 5. The summed E-state index contributed by atoms with van der Waals surface area (Å²) in [4.78, 5) is 23.7. The number of hydrogen-bond acceptors (Lipinski definition) is 5. The minimum absolute atomic E-state index is 0.00720. The number of nitrogens with one attached hydrogen (secondary N) is 1. The Morgan fingerprint density at radius 3 is 2.47 bits per heavy atom. The predicted molar refractivity (Wildman–Crippen MR) is 138 cm³/mol. The van der Waals surface area contributed by atoms with Crippen LogP contribution < -0.4 is 5.32 Å². The second-order valence-electron chi connectivity index (χ2n) is 13.0. The van der Waals surface area contributed by atoms with Crippen LogP contribution in [0.3, 0.4) is 0 Å². The van der Waals surface area contributed by atoms with Crippen molar-refractivity contribution >= 4 is 22.3 Å². The van der Waals surface area contributed by atoms with Crippen LogP contribution in [0.25, 0.3) is 0 Å². The molecule has 7 nitrogen and oxygen atoms in total. The molecule has 0 bridgehead atoms. The Balaban J connectivity index is 1.27. The SMILES string of the molecule is C[C@H](CCC(=O)NCCCC(=O)N=S(=O)=O)[C@H]1CC[C@H]2[C@@H]3CC[C@@H]4C[C@H](O)CC[C@]4(C)[C@H]3CC[C@]12C. The highest BCUT2D eigenvalue weighted by Gasteiger charge is 2.60. The van der Waals surface area contributed by atoms with Crippen LogP contribution in [-0.4, -0.2) is 38.0 Å². The lowest BCUT2D eigenvalue weighted by Gasteiger charge is -2.61. The summed E-state index contributed by atoms with van der Waals surface area (Å²) in [6.07, 6.45) is 12.8. The van der Waals surface area contributed by atoms with Gasteiger partial charge in [-0.1, -0.05) is 25.1 Å². The molecule has 0 aromatic heterocycles. The van der Waals surface area contributed by atoms with Gasteiger partial charge >= 0.3 is 10.5 Å². The Bertz CT molecular complexity index is 959. The fraction of sp³-hybridized carbons (Fsp3) is 0.929. The lowest BCUT2D eigenvalue weighted by atomic mass is 9.44. The molecular weight excluding hydrogens is 476 g/mol. The first-order valence-corrected chi connectivity index (χ1v) is 15.4. The normalized spacial score (nSPS) is 40.3. The summed E-state index contributed by atoms with van der Waals surface area (Å²) in [6.45, 7) is 7.80. The molecule has 4 saturated carbocycles. The van der Waals surface area contributed by atoms with E-state index >= 15 is 0 Å². The van der Waals surface area contributed by atoms with E-state index in [2.05, 4.69) is 30.5 Å². The molecule has 204 valence electrons. The van der Waals surface area contributed by atoms with Crippen molar-refractivity contribution in [1.29, 1.82) is 0 Å². The fourth-order valence-electron chi connectivity index (χ4n) is 9.46. The lowest BCUT2D eigenvalue weighted by Crippen LogP contribution is -2.54. The monoisotopic (exact) mass is 522 g/mol. The largest absolute Gasteiger partial charge is 0.393 e. The van der Waals surface area contributed by atoms with Crippen molar-refractivity contribution in [1.82, 2.24) is 5.32 Å².